The van der Waals surface area contributed by atoms with E-state index in [0.717, 1.165) is 12.8 Å². The molecule has 0 spiro atoms. The molecule has 1 unspecified atom stereocenters. The Morgan fingerprint density at radius 1 is 1.13 bits per heavy atom. The Hall–Kier alpha value is -0.860. The zero-order valence-electron chi connectivity index (χ0n) is 9.15. The van der Waals surface area contributed by atoms with Crippen molar-refractivity contribution in [2.24, 2.45) is 17.4 Å². The monoisotopic (exact) mass is 204 g/mol. The number of hydrogen-bond donors (Lipinski definition) is 2. The van der Waals surface area contributed by atoms with E-state index in [1.807, 2.05) is 6.07 Å². The fraction of sp³-hybridized carbons (Fsp3) is 0.538. The van der Waals surface area contributed by atoms with Crippen LogP contribution in [-0.4, -0.2) is 5.66 Å². The Balaban J connectivity index is 2.05. The van der Waals surface area contributed by atoms with Crippen molar-refractivity contribution < 1.29 is 0 Å². The van der Waals surface area contributed by atoms with Crippen molar-refractivity contribution in [1.82, 2.24) is 0 Å². The minimum Gasteiger partial charge on any atom is -0.313 e. The molecule has 82 valence electrons. The maximum atomic E-state index is 6.15. The normalized spacial score (nSPS) is 25.1. The highest BCUT2D eigenvalue weighted by atomic mass is 15.0. The Labute approximate surface area is 91.7 Å². The summed E-state index contributed by atoms with van der Waals surface area (Å²) in [5, 5.41) is 0. The SMILES string of the molecule is NC1(N)CCCCC1Cc1ccccc1. The van der Waals surface area contributed by atoms with Crippen LogP contribution in [0.2, 0.25) is 0 Å². The van der Waals surface area contributed by atoms with Crippen molar-refractivity contribution >= 4 is 0 Å². The van der Waals surface area contributed by atoms with Crippen LogP contribution in [0, 0.1) is 5.92 Å². The molecule has 2 heteroatoms. The van der Waals surface area contributed by atoms with Gasteiger partial charge in [0.25, 0.3) is 0 Å². The third-order valence-electron chi connectivity index (χ3n) is 3.50. The highest BCUT2D eigenvalue weighted by Gasteiger charge is 2.33. The second-order valence-corrected chi connectivity index (χ2v) is 4.74. The van der Waals surface area contributed by atoms with E-state index < -0.39 is 5.66 Å². The molecule has 0 saturated heterocycles. The maximum Gasteiger partial charge on any atom is 0.0668 e. The molecule has 1 aliphatic carbocycles. The summed E-state index contributed by atoms with van der Waals surface area (Å²) in [6.07, 6.45) is 5.60. The summed E-state index contributed by atoms with van der Waals surface area (Å²) in [6.45, 7) is 0. The van der Waals surface area contributed by atoms with Crippen LogP contribution in [-0.2, 0) is 6.42 Å². The van der Waals surface area contributed by atoms with Crippen molar-refractivity contribution in [3.63, 3.8) is 0 Å². The minimum absolute atomic E-state index is 0.439. The second-order valence-electron chi connectivity index (χ2n) is 4.74. The van der Waals surface area contributed by atoms with Crippen LogP contribution in [0.3, 0.4) is 0 Å². The Kier molecular flexibility index (Phi) is 3.08. The molecule has 4 N–H and O–H groups in total. The van der Waals surface area contributed by atoms with E-state index in [1.165, 1.54) is 24.8 Å². The van der Waals surface area contributed by atoms with E-state index in [1.54, 1.807) is 0 Å². The van der Waals surface area contributed by atoms with E-state index in [9.17, 15) is 0 Å². The highest BCUT2D eigenvalue weighted by Crippen LogP contribution is 2.30. The standard InChI is InChI=1S/C13H20N2/c14-13(15)9-5-4-8-12(13)10-11-6-2-1-3-7-11/h1-3,6-7,12H,4-5,8-10,14-15H2. The number of rotatable bonds is 2. The lowest BCUT2D eigenvalue weighted by Gasteiger charge is -2.38. The average Bonchev–Trinajstić information content (AvgIpc) is 2.23. The summed E-state index contributed by atoms with van der Waals surface area (Å²) >= 11 is 0. The van der Waals surface area contributed by atoms with Crippen LogP contribution in [0.1, 0.15) is 31.2 Å². The van der Waals surface area contributed by atoms with Gasteiger partial charge in [-0.3, -0.25) is 0 Å². The van der Waals surface area contributed by atoms with Crippen molar-refractivity contribution in [1.29, 1.82) is 0 Å². The Morgan fingerprint density at radius 2 is 1.87 bits per heavy atom. The molecule has 2 nitrogen and oxygen atoms in total. The van der Waals surface area contributed by atoms with Gasteiger partial charge in [0.05, 0.1) is 5.66 Å². The molecule has 2 rings (SSSR count). The van der Waals surface area contributed by atoms with E-state index in [2.05, 4.69) is 24.3 Å². The van der Waals surface area contributed by atoms with Gasteiger partial charge >= 0.3 is 0 Å². The summed E-state index contributed by atoms with van der Waals surface area (Å²) < 4.78 is 0. The van der Waals surface area contributed by atoms with Gasteiger partial charge in [-0.2, -0.15) is 0 Å². The van der Waals surface area contributed by atoms with E-state index in [0.29, 0.717) is 5.92 Å². The number of benzene rings is 1. The predicted octanol–water partition coefficient (Wildman–Crippen LogP) is 2.03. The van der Waals surface area contributed by atoms with Crippen LogP contribution in [0.5, 0.6) is 0 Å². The molecule has 0 heterocycles. The molecule has 0 aliphatic heterocycles. The maximum absolute atomic E-state index is 6.15. The van der Waals surface area contributed by atoms with Crippen molar-refractivity contribution in [3.8, 4) is 0 Å². The fourth-order valence-corrected chi connectivity index (χ4v) is 2.49. The van der Waals surface area contributed by atoms with Crippen molar-refractivity contribution in [2.75, 3.05) is 0 Å². The molecule has 1 fully saturated rings. The van der Waals surface area contributed by atoms with E-state index >= 15 is 0 Å². The van der Waals surface area contributed by atoms with Gasteiger partial charge < -0.3 is 11.5 Å². The van der Waals surface area contributed by atoms with Gasteiger partial charge in [-0.15, -0.1) is 0 Å². The van der Waals surface area contributed by atoms with Crippen LogP contribution < -0.4 is 11.5 Å². The van der Waals surface area contributed by atoms with Gasteiger partial charge in [0.15, 0.2) is 0 Å². The first-order chi connectivity index (χ1) is 7.18. The molecular formula is C13H20N2. The van der Waals surface area contributed by atoms with Gasteiger partial charge in [0.2, 0.25) is 0 Å². The van der Waals surface area contributed by atoms with Gasteiger partial charge in [0, 0.05) is 0 Å². The first-order valence-electron chi connectivity index (χ1n) is 5.80. The highest BCUT2D eigenvalue weighted by molar-refractivity contribution is 5.16. The molecule has 0 bridgehead atoms. The number of nitrogens with two attached hydrogens (primary N) is 2. The first-order valence-corrected chi connectivity index (χ1v) is 5.80. The van der Waals surface area contributed by atoms with Crippen LogP contribution >= 0.6 is 0 Å². The summed E-state index contributed by atoms with van der Waals surface area (Å²) in [6, 6.07) is 10.5. The second kappa shape index (κ2) is 4.33. The predicted molar refractivity (Wildman–Crippen MR) is 63.2 cm³/mol. The van der Waals surface area contributed by atoms with Gasteiger partial charge in [-0.25, -0.2) is 0 Å². The molecule has 0 amide bonds. The molecule has 1 atom stereocenters. The summed E-state index contributed by atoms with van der Waals surface area (Å²) in [5.74, 6) is 0.439. The first kappa shape index (κ1) is 10.7. The lowest BCUT2D eigenvalue weighted by Crippen LogP contribution is -2.57. The quantitative estimate of drug-likeness (QED) is 0.724. The van der Waals surface area contributed by atoms with E-state index in [4.69, 9.17) is 11.5 Å². The van der Waals surface area contributed by atoms with Gasteiger partial charge in [-0.05, 0) is 30.7 Å². The molecule has 1 aromatic rings. The third-order valence-corrected chi connectivity index (χ3v) is 3.50. The lowest BCUT2D eigenvalue weighted by molar-refractivity contribution is 0.194. The van der Waals surface area contributed by atoms with Crippen LogP contribution in [0.4, 0.5) is 0 Å². The largest absolute Gasteiger partial charge is 0.313 e. The van der Waals surface area contributed by atoms with E-state index in [-0.39, 0.29) is 0 Å². The Bertz CT molecular complexity index is 306. The molecule has 1 aliphatic rings. The summed E-state index contributed by atoms with van der Waals surface area (Å²) in [7, 11) is 0. The zero-order valence-corrected chi connectivity index (χ0v) is 9.15. The minimum atomic E-state index is -0.450. The smallest absolute Gasteiger partial charge is 0.0668 e. The van der Waals surface area contributed by atoms with Crippen LogP contribution in [0.15, 0.2) is 30.3 Å². The molecular weight excluding hydrogens is 184 g/mol. The third kappa shape index (κ3) is 2.58. The van der Waals surface area contributed by atoms with Crippen molar-refractivity contribution in [3.05, 3.63) is 35.9 Å². The lowest BCUT2D eigenvalue weighted by atomic mass is 9.77. The number of hydrogen-bond acceptors (Lipinski definition) is 2. The molecule has 1 aromatic carbocycles. The zero-order chi connectivity index (χ0) is 10.7. The molecule has 15 heavy (non-hydrogen) atoms. The topological polar surface area (TPSA) is 52.0 Å². The molecule has 0 radical (unpaired) electrons. The summed E-state index contributed by atoms with van der Waals surface area (Å²) in [4.78, 5) is 0. The Morgan fingerprint density at radius 3 is 2.53 bits per heavy atom. The van der Waals surface area contributed by atoms with Crippen molar-refractivity contribution in [2.45, 2.75) is 37.8 Å². The van der Waals surface area contributed by atoms with Crippen LogP contribution in [0.25, 0.3) is 0 Å². The summed E-state index contributed by atoms with van der Waals surface area (Å²) in [5.41, 5.74) is 13.2. The fourth-order valence-electron chi connectivity index (χ4n) is 2.49. The van der Waals surface area contributed by atoms with Gasteiger partial charge in [-0.1, -0.05) is 43.2 Å². The molecule has 0 aromatic heterocycles. The van der Waals surface area contributed by atoms with Gasteiger partial charge in [0.1, 0.15) is 0 Å². The molecule has 1 saturated carbocycles. The average molecular weight is 204 g/mol.